The van der Waals surface area contributed by atoms with Gasteiger partial charge < -0.3 is 19.5 Å². The smallest absolute Gasteiger partial charge is 0.342 e. The van der Waals surface area contributed by atoms with Gasteiger partial charge in [0.05, 0.1) is 0 Å². The van der Waals surface area contributed by atoms with Gasteiger partial charge in [-0.3, -0.25) is 9.36 Å². The van der Waals surface area contributed by atoms with Crippen molar-refractivity contribution in [2.24, 2.45) is 0 Å². The maximum Gasteiger partial charge on any atom is 0.342 e. The van der Waals surface area contributed by atoms with E-state index in [0.717, 1.165) is 0 Å². The number of amides is 1. The Balaban J connectivity index is 4.46. The van der Waals surface area contributed by atoms with Gasteiger partial charge in [-0.1, -0.05) is 0 Å². The van der Waals surface area contributed by atoms with Gasteiger partial charge in [-0.2, -0.15) is 0 Å². The summed E-state index contributed by atoms with van der Waals surface area (Å²) in [5, 5.41) is 10.5. The summed E-state index contributed by atoms with van der Waals surface area (Å²) in [7, 11) is -0.978. The fraction of sp³-hybridized carbons (Fsp3) is 0.833. The zero-order valence-corrected chi connectivity index (χ0v) is 8.71. The van der Waals surface area contributed by atoms with Crippen LogP contribution >= 0.6 is 7.60 Å². The van der Waals surface area contributed by atoms with E-state index in [1.165, 1.54) is 21.1 Å². The van der Waals surface area contributed by atoms with Crippen molar-refractivity contribution < 1.29 is 23.5 Å². The highest BCUT2D eigenvalue weighted by Gasteiger charge is 2.35. The summed E-state index contributed by atoms with van der Waals surface area (Å²) in [5.74, 6) is -0.575. The molecule has 0 aromatic heterocycles. The van der Waals surface area contributed by atoms with Crippen LogP contribution in [0.2, 0.25) is 0 Å². The molecule has 0 aliphatic rings. The first-order valence-electron chi connectivity index (χ1n) is 3.61. The minimum atomic E-state index is -3.38. The molecule has 0 bridgehead atoms. The van der Waals surface area contributed by atoms with Crippen molar-refractivity contribution in [3.8, 4) is 0 Å². The predicted molar refractivity (Wildman–Crippen MR) is 46.3 cm³/mol. The van der Waals surface area contributed by atoms with Gasteiger partial charge in [0.25, 0.3) is 0 Å². The predicted octanol–water partition coefficient (Wildman–Crippen LogP) is -0.0732. The summed E-state index contributed by atoms with van der Waals surface area (Å²) in [6.45, 7) is 0.898. The second-order valence-electron chi connectivity index (χ2n) is 2.28. The molecule has 13 heavy (non-hydrogen) atoms. The number of carbonyl (C=O) groups excluding carboxylic acids is 1. The Kier molecular flexibility index (Phi) is 5.17. The lowest BCUT2D eigenvalue weighted by molar-refractivity contribution is -0.121. The molecular formula is C6H14NO5P. The Labute approximate surface area is 76.8 Å². The lowest BCUT2D eigenvalue weighted by Gasteiger charge is -2.19. The van der Waals surface area contributed by atoms with Crippen LogP contribution in [0, 0.1) is 0 Å². The van der Waals surface area contributed by atoms with E-state index in [1.807, 2.05) is 0 Å². The van der Waals surface area contributed by atoms with Gasteiger partial charge in [0.15, 0.2) is 0 Å². The van der Waals surface area contributed by atoms with E-state index in [2.05, 4.69) is 14.4 Å². The summed E-state index contributed by atoms with van der Waals surface area (Å²) in [6.07, 6.45) is 0. The second kappa shape index (κ2) is 5.34. The highest BCUT2D eigenvalue weighted by atomic mass is 31.2. The minimum absolute atomic E-state index is 0.503. The molecule has 0 rings (SSSR count). The van der Waals surface area contributed by atoms with Crippen molar-refractivity contribution in [2.75, 3.05) is 21.0 Å². The lowest BCUT2D eigenvalue weighted by Crippen LogP contribution is -2.33. The highest BCUT2D eigenvalue weighted by molar-refractivity contribution is 7.55. The highest BCUT2D eigenvalue weighted by Crippen LogP contribution is 2.51. The van der Waals surface area contributed by atoms with Gasteiger partial charge in [0, 0.05) is 14.2 Å². The van der Waals surface area contributed by atoms with Crippen LogP contribution in [0.15, 0.2) is 0 Å². The van der Waals surface area contributed by atoms with Crippen molar-refractivity contribution in [2.45, 2.75) is 12.6 Å². The number of rotatable bonds is 5. The van der Waals surface area contributed by atoms with E-state index >= 15 is 0 Å². The van der Waals surface area contributed by atoms with Crippen LogP contribution in [0.5, 0.6) is 0 Å². The molecule has 6 nitrogen and oxygen atoms in total. The van der Waals surface area contributed by atoms with Crippen LogP contribution in [0.25, 0.3) is 0 Å². The van der Waals surface area contributed by atoms with Crippen molar-refractivity contribution in [3.63, 3.8) is 0 Å². The molecule has 0 fully saturated rings. The zero-order valence-electron chi connectivity index (χ0n) is 7.81. The van der Waals surface area contributed by atoms with Crippen LogP contribution in [-0.2, 0) is 18.4 Å². The number of aliphatic hydroxyl groups is 1. The molecule has 2 N–H and O–H groups in total. The first-order valence-corrected chi connectivity index (χ1v) is 5.22. The van der Waals surface area contributed by atoms with E-state index in [-0.39, 0.29) is 0 Å². The zero-order chi connectivity index (χ0) is 10.5. The Bertz CT molecular complexity index is 211. The Hall–Kier alpha value is -0.420. The van der Waals surface area contributed by atoms with E-state index in [1.54, 1.807) is 0 Å². The molecule has 1 atom stereocenters. The minimum Gasteiger partial charge on any atom is -0.377 e. The summed E-state index contributed by atoms with van der Waals surface area (Å²) < 4.78 is 20.8. The molecule has 7 heteroatoms. The molecule has 0 aromatic carbocycles. The Morgan fingerprint density at radius 3 is 2.31 bits per heavy atom. The quantitative estimate of drug-likeness (QED) is 0.491. The summed E-state index contributed by atoms with van der Waals surface area (Å²) in [5.41, 5.74) is -0.936. The third-order valence-corrected chi connectivity index (χ3v) is 3.82. The summed E-state index contributed by atoms with van der Waals surface area (Å²) >= 11 is 0. The Morgan fingerprint density at radius 2 is 2.00 bits per heavy atom. The molecule has 0 spiro atoms. The SMILES string of the molecule is COP(=O)(OC)C(C)C(=O)NCO. The number of hydrogen-bond donors (Lipinski definition) is 2. The van der Waals surface area contributed by atoms with E-state index < -0.39 is 25.9 Å². The molecule has 0 radical (unpaired) electrons. The fourth-order valence-electron chi connectivity index (χ4n) is 0.760. The maximum atomic E-state index is 11.6. The van der Waals surface area contributed by atoms with Crippen molar-refractivity contribution in [3.05, 3.63) is 0 Å². The van der Waals surface area contributed by atoms with Crippen LogP contribution in [0.4, 0.5) is 0 Å². The monoisotopic (exact) mass is 211 g/mol. The molecule has 0 heterocycles. The lowest BCUT2D eigenvalue weighted by atomic mass is 10.4. The number of carbonyl (C=O) groups is 1. The van der Waals surface area contributed by atoms with Crippen LogP contribution in [-0.4, -0.2) is 37.6 Å². The molecule has 0 aliphatic carbocycles. The van der Waals surface area contributed by atoms with Gasteiger partial charge >= 0.3 is 7.60 Å². The average molecular weight is 211 g/mol. The van der Waals surface area contributed by atoms with Crippen molar-refractivity contribution in [1.29, 1.82) is 0 Å². The number of nitrogens with one attached hydrogen (secondary N) is 1. The maximum absolute atomic E-state index is 11.6. The molecule has 0 saturated heterocycles. The van der Waals surface area contributed by atoms with Crippen molar-refractivity contribution in [1.82, 2.24) is 5.32 Å². The van der Waals surface area contributed by atoms with Crippen molar-refractivity contribution >= 4 is 13.5 Å². The molecule has 78 valence electrons. The van der Waals surface area contributed by atoms with Crippen LogP contribution < -0.4 is 5.32 Å². The standard InChI is InChI=1S/C6H14NO5P/c1-5(6(9)7-4-8)13(10,11-2)12-3/h5,8H,4H2,1-3H3,(H,7,9). The first kappa shape index (κ1) is 12.6. The summed E-state index contributed by atoms with van der Waals surface area (Å²) in [4.78, 5) is 11.1. The van der Waals surface area contributed by atoms with Gasteiger partial charge in [0.1, 0.15) is 12.4 Å². The third kappa shape index (κ3) is 3.08. The van der Waals surface area contributed by atoms with Gasteiger partial charge in [-0.05, 0) is 6.92 Å². The molecular weight excluding hydrogens is 197 g/mol. The van der Waals surface area contributed by atoms with Gasteiger partial charge in [0.2, 0.25) is 5.91 Å². The molecule has 0 aromatic rings. The number of hydrogen-bond acceptors (Lipinski definition) is 5. The normalized spacial score (nSPS) is 13.8. The van der Waals surface area contributed by atoms with Gasteiger partial charge in [-0.25, -0.2) is 0 Å². The largest absolute Gasteiger partial charge is 0.377 e. The first-order chi connectivity index (χ1) is 6.01. The third-order valence-electron chi connectivity index (χ3n) is 1.62. The molecule has 0 aliphatic heterocycles. The van der Waals surface area contributed by atoms with E-state index in [4.69, 9.17) is 5.11 Å². The second-order valence-corrected chi connectivity index (χ2v) is 4.86. The molecule has 1 unspecified atom stereocenters. The van der Waals surface area contributed by atoms with E-state index in [0.29, 0.717) is 0 Å². The van der Waals surface area contributed by atoms with Gasteiger partial charge in [-0.15, -0.1) is 0 Å². The molecule has 0 saturated carbocycles. The average Bonchev–Trinajstić information content (AvgIpc) is 2.16. The topological polar surface area (TPSA) is 84.9 Å². The molecule has 1 amide bonds. The van der Waals surface area contributed by atoms with Crippen LogP contribution in [0.3, 0.4) is 0 Å². The Morgan fingerprint density at radius 1 is 1.54 bits per heavy atom. The number of aliphatic hydroxyl groups excluding tert-OH is 1. The van der Waals surface area contributed by atoms with Crippen LogP contribution in [0.1, 0.15) is 6.92 Å². The summed E-state index contributed by atoms with van der Waals surface area (Å²) in [6, 6.07) is 0. The fourth-order valence-corrected chi connectivity index (χ4v) is 1.92. The van der Waals surface area contributed by atoms with E-state index in [9.17, 15) is 9.36 Å².